The fourth-order valence-corrected chi connectivity index (χ4v) is 2.91. The fraction of sp³-hybridized carbons (Fsp3) is 0.250. The second-order valence-electron chi connectivity index (χ2n) is 6.12. The molecule has 2 aromatic carbocycles. The zero-order valence-corrected chi connectivity index (χ0v) is 15.6. The summed E-state index contributed by atoms with van der Waals surface area (Å²) in [7, 11) is 2.98. The second-order valence-corrected chi connectivity index (χ2v) is 6.12. The highest BCUT2D eigenvalue weighted by molar-refractivity contribution is 5.82. The summed E-state index contributed by atoms with van der Waals surface area (Å²) in [6.45, 7) is -0.475. The van der Waals surface area contributed by atoms with E-state index in [1.165, 1.54) is 25.1 Å². The molecule has 0 saturated carbocycles. The van der Waals surface area contributed by atoms with E-state index in [1.807, 2.05) is 30.3 Å². The molecule has 1 amide bonds. The molecule has 146 valence electrons. The van der Waals surface area contributed by atoms with Gasteiger partial charge in [0.15, 0.2) is 11.5 Å². The van der Waals surface area contributed by atoms with E-state index < -0.39 is 11.9 Å². The number of hydrogen-bond donors (Lipinski definition) is 2. The molecule has 0 saturated heterocycles. The summed E-state index contributed by atoms with van der Waals surface area (Å²) in [6, 6.07) is 11.7. The average Bonchev–Trinajstić information content (AvgIpc) is 2.73. The first-order valence-electron chi connectivity index (χ1n) is 8.63. The lowest BCUT2D eigenvalue weighted by atomic mass is 10.1. The number of carbonyl (C=O) groups excluding carboxylic acids is 1. The molecule has 0 fully saturated rings. The molecular weight excluding hydrogens is 362 g/mol. The highest BCUT2D eigenvalue weighted by atomic mass is 16.5. The molecule has 8 heteroatoms. The van der Waals surface area contributed by atoms with Gasteiger partial charge in [0.05, 0.1) is 44.1 Å². The molecule has 1 aromatic heterocycles. The minimum absolute atomic E-state index is 0.223. The van der Waals surface area contributed by atoms with Crippen LogP contribution in [0.15, 0.2) is 53.6 Å². The molecule has 8 nitrogen and oxygen atoms in total. The predicted octanol–water partition coefficient (Wildman–Crippen LogP) is 1.26. The lowest BCUT2D eigenvalue weighted by Crippen LogP contribution is -2.36. The van der Waals surface area contributed by atoms with Crippen molar-refractivity contribution in [3.63, 3.8) is 0 Å². The van der Waals surface area contributed by atoms with E-state index in [0.717, 1.165) is 5.56 Å². The van der Waals surface area contributed by atoms with Gasteiger partial charge in [0.1, 0.15) is 6.54 Å². The first-order chi connectivity index (χ1) is 13.6. The maximum atomic E-state index is 12.8. The Kier molecular flexibility index (Phi) is 5.90. The molecule has 0 aliphatic rings. The number of carbonyl (C=O) groups is 1. The van der Waals surface area contributed by atoms with E-state index in [-0.39, 0.29) is 18.7 Å². The van der Waals surface area contributed by atoms with Crippen molar-refractivity contribution in [3.05, 3.63) is 64.7 Å². The third-order valence-electron chi connectivity index (χ3n) is 4.36. The summed E-state index contributed by atoms with van der Waals surface area (Å²) in [6.07, 6.45) is 1.31. The Labute approximate surface area is 161 Å². The summed E-state index contributed by atoms with van der Waals surface area (Å²) >= 11 is 0. The Bertz CT molecular complexity index is 1030. The van der Waals surface area contributed by atoms with Gasteiger partial charge in [-0.3, -0.25) is 14.2 Å². The zero-order valence-electron chi connectivity index (χ0n) is 15.6. The molecule has 0 aliphatic heterocycles. The van der Waals surface area contributed by atoms with Crippen LogP contribution in [0.25, 0.3) is 10.9 Å². The van der Waals surface area contributed by atoms with Crippen molar-refractivity contribution >= 4 is 16.8 Å². The average molecular weight is 383 g/mol. The van der Waals surface area contributed by atoms with Gasteiger partial charge >= 0.3 is 0 Å². The molecule has 1 atom stereocenters. The maximum absolute atomic E-state index is 12.8. The van der Waals surface area contributed by atoms with Crippen LogP contribution in [0, 0.1) is 0 Å². The van der Waals surface area contributed by atoms with Crippen LogP contribution in [-0.2, 0) is 11.3 Å². The topological polar surface area (TPSA) is 103 Å². The van der Waals surface area contributed by atoms with Crippen LogP contribution in [0.1, 0.15) is 11.6 Å². The predicted molar refractivity (Wildman–Crippen MR) is 104 cm³/mol. The summed E-state index contributed by atoms with van der Waals surface area (Å²) in [5, 5.41) is 12.6. The Morgan fingerprint density at radius 3 is 2.50 bits per heavy atom. The monoisotopic (exact) mass is 383 g/mol. The Balaban J connectivity index is 1.84. The summed E-state index contributed by atoms with van der Waals surface area (Å²) in [4.78, 5) is 29.4. The largest absolute Gasteiger partial charge is 0.493 e. The van der Waals surface area contributed by atoms with Crippen LogP contribution in [-0.4, -0.2) is 41.4 Å². The number of amides is 1. The molecule has 3 aromatic rings. The van der Waals surface area contributed by atoms with E-state index in [9.17, 15) is 14.7 Å². The van der Waals surface area contributed by atoms with Crippen LogP contribution in [0.2, 0.25) is 0 Å². The van der Waals surface area contributed by atoms with E-state index in [0.29, 0.717) is 22.4 Å². The smallest absolute Gasteiger partial charge is 0.261 e. The Morgan fingerprint density at radius 1 is 1.18 bits per heavy atom. The summed E-state index contributed by atoms with van der Waals surface area (Å²) < 4.78 is 11.7. The van der Waals surface area contributed by atoms with Gasteiger partial charge in [0.25, 0.3) is 5.56 Å². The second kappa shape index (κ2) is 8.53. The van der Waals surface area contributed by atoms with Crippen molar-refractivity contribution in [3.8, 4) is 11.5 Å². The molecule has 0 aliphatic carbocycles. The van der Waals surface area contributed by atoms with Crippen LogP contribution < -0.4 is 20.3 Å². The number of hydrogen-bond acceptors (Lipinski definition) is 6. The summed E-state index contributed by atoms with van der Waals surface area (Å²) in [5.74, 6) is 0.457. The van der Waals surface area contributed by atoms with E-state index in [1.54, 1.807) is 12.1 Å². The number of nitrogens with zero attached hydrogens (tertiary/aromatic N) is 2. The zero-order chi connectivity index (χ0) is 20.1. The number of ether oxygens (including phenoxy) is 2. The molecule has 28 heavy (non-hydrogen) atoms. The third kappa shape index (κ3) is 3.96. The van der Waals surface area contributed by atoms with Crippen LogP contribution in [0.4, 0.5) is 0 Å². The maximum Gasteiger partial charge on any atom is 0.261 e. The minimum atomic E-state index is -0.554. The van der Waals surface area contributed by atoms with E-state index in [4.69, 9.17) is 9.47 Å². The van der Waals surface area contributed by atoms with E-state index in [2.05, 4.69) is 10.3 Å². The van der Waals surface area contributed by atoms with Crippen molar-refractivity contribution in [2.45, 2.75) is 12.6 Å². The Morgan fingerprint density at radius 2 is 1.86 bits per heavy atom. The van der Waals surface area contributed by atoms with Gasteiger partial charge in [-0.15, -0.1) is 0 Å². The molecule has 0 bridgehead atoms. The van der Waals surface area contributed by atoms with Crippen molar-refractivity contribution in [2.75, 3.05) is 20.8 Å². The normalized spacial score (nSPS) is 11.8. The molecule has 0 spiro atoms. The van der Waals surface area contributed by atoms with Gasteiger partial charge in [-0.05, 0) is 11.6 Å². The van der Waals surface area contributed by atoms with Crippen molar-refractivity contribution in [1.82, 2.24) is 14.9 Å². The van der Waals surface area contributed by atoms with Crippen molar-refractivity contribution < 1.29 is 19.4 Å². The molecule has 1 heterocycles. The Hall–Kier alpha value is -3.39. The van der Waals surface area contributed by atoms with Gasteiger partial charge in [0.2, 0.25) is 5.91 Å². The number of aliphatic hydroxyl groups excluding tert-OH is 1. The molecule has 1 unspecified atom stereocenters. The van der Waals surface area contributed by atoms with Crippen LogP contribution >= 0.6 is 0 Å². The first kappa shape index (κ1) is 19.4. The van der Waals surface area contributed by atoms with Crippen LogP contribution in [0.3, 0.4) is 0 Å². The highest BCUT2D eigenvalue weighted by Crippen LogP contribution is 2.29. The number of methoxy groups -OCH3 is 2. The van der Waals surface area contributed by atoms with Gasteiger partial charge in [-0.25, -0.2) is 4.98 Å². The molecular formula is C20H21N3O5. The van der Waals surface area contributed by atoms with Crippen molar-refractivity contribution in [2.24, 2.45) is 0 Å². The lowest BCUT2D eigenvalue weighted by Gasteiger charge is -2.17. The van der Waals surface area contributed by atoms with E-state index >= 15 is 0 Å². The standard InChI is InChI=1S/C20H21N3O5/c1-27-17-8-14-15(9-18(17)28-2)21-12-23(20(14)26)10-19(25)22-16(11-24)13-6-4-3-5-7-13/h3-9,12,16,24H,10-11H2,1-2H3,(H,22,25). The van der Waals surface area contributed by atoms with Gasteiger partial charge < -0.3 is 19.9 Å². The van der Waals surface area contributed by atoms with Gasteiger partial charge in [0, 0.05) is 6.07 Å². The fourth-order valence-electron chi connectivity index (χ4n) is 2.91. The number of benzene rings is 2. The van der Waals surface area contributed by atoms with Gasteiger partial charge in [-0.1, -0.05) is 30.3 Å². The number of aromatic nitrogens is 2. The molecule has 0 radical (unpaired) electrons. The number of rotatable bonds is 7. The van der Waals surface area contributed by atoms with Gasteiger partial charge in [-0.2, -0.15) is 0 Å². The number of fused-ring (bicyclic) bond motifs is 1. The third-order valence-corrected chi connectivity index (χ3v) is 4.36. The number of nitrogens with one attached hydrogen (secondary N) is 1. The quantitative estimate of drug-likeness (QED) is 0.637. The first-order valence-corrected chi connectivity index (χ1v) is 8.63. The lowest BCUT2D eigenvalue weighted by molar-refractivity contribution is -0.122. The van der Waals surface area contributed by atoms with Crippen LogP contribution in [0.5, 0.6) is 11.5 Å². The molecule has 2 N–H and O–H groups in total. The highest BCUT2D eigenvalue weighted by Gasteiger charge is 2.16. The molecule has 3 rings (SSSR count). The SMILES string of the molecule is COc1cc2ncn(CC(=O)NC(CO)c3ccccc3)c(=O)c2cc1OC. The number of aliphatic hydroxyl groups is 1. The summed E-state index contributed by atoms with van der Waals surface area (Å²) in [5.41, 5.74) is 0.845. The van der Waals surface area contributed by atoms with Crippen molar-refractivity contribution in [1.29, 1.82) is 0 Å². The minimum Gasteiger partial charge on any atom is -0.493 e.